The van der Waals surface area contributed by atoms with Crippen LogP contribution in [-0.4, -0.2) is 20.1 Å². The first-order chi connectivity index (χ1) is 14.2. The van der Waals surface area contributed by atoms with Gasteiger partial charge in [0.2, 0.25) is 0 Å². The lowest BCUT2D eigenvalue weighted by molar-refractivity contribution is 0.101. The number of rotatable bonds is 6. The fourth-order valence-electron chi connectivity index (χ4n) is 2.84. The van der Waals surface area contributed by atoms with Gasteiger partial charge in [-0.1, -0.05) is 12.1 Å². The maximum Gasteiger partial charge on any atom is 0.261 e. The van der Waals surface area contributed by atoms with Crippen LogP contribution in [0.5, 0.6) is 0 Å². The first kappa shape index (κ1) is 21.3. The Bertz CT molecular complexity index is 1200. The molecule has 0 spiro atoms. The minimum Gasteiger partial charge on any atom is -0.322 e. The highest BCUT2D eigenvalue weighted by molar-refractivity contribution is 7.92. The standard InChI is InChI=1S/C23H22N2O4S/c1-15-5-4-6-22(16(15)2)25-30(28,29)21-13-9-19(10-14-21)23(27)24-20-11-7-18(8-12-20)17(3)26/h4-14,25H,1-3H3,(H,24,27). The van der Waals surface area contributed by atoms with Gasteiger partial charge < -0.3 is 5.32 Å². The van der Waals surface area contributed by atoms with E-state index < -0.39 is 10.0 Å². The summed E-state index contributed by atoms with van der Waals surface area (Å²) in [4.78, 5) is 23.8. The topological polar surface area (TPSA) is 92.3 Å². The van der Waals surface area contributed by atoms with Gasteiger partial charge in [-0.15, -0.1) is 0 Å². The molecule has 3 rings (SSSR count). The highest BCUT2D eigenvalue weighted by Gasteiger charge is 2.17. The molecule has 0 aromatic heterocycles. The van der Waals surface area contributed by atoms with Gasteiger partial charge in [0.05, 0.1) is 10.6 Å². The predicted octanol–water partition coefficient (Wildman–Crippen LogP) is 4.56. The molecule has 0 aliphatic rings. The number of hydrogen-bond donors (Lipinski definition) is 2. The van der Waals surface area contributed by atoms with Crippen LogP contribution in [0.3, 0.4) is 0 Å². The number of hydrogen-bond acceptors (Lipinski definition) is 4. The molecule has 1 amide bonds. The second kappa shape index (κ2) is 8.51. The van der Waals surface area contributed by atoms with Gasteiger partial charge in [0.15, 0.2) is 5.78 Å². The van der Waals surface area contributed by atoms with Gasteiger partial charge >= 0.3 is 0 Å². The number of carbonyl (C=O) groups excluding carboxylic acids is 2. The molecular formula is C23H22N2O4S. The number of sulfonamides is 1. The smallest absolute Gasteiger partial charge is 0.261 e. The molecule has 0 atom stereocenters. The van der Waals surface area contributed by atoms with E-state index in [2.05, 4.69) is 10.0 Å². The van der Waals surface area contributed by atoms with Crippen LogP contribution in [0.2, 0.25) is 0 Å². The third-order valence-electron chi connectivity index (χ3n) is 4.83. The number of amides is 1. The molecular weight excluding hydrogens is 400 g/mol. The van der Waals surface area contributed by atoms with Crippen molar-refractivity contribution in [2.45, 2.75) is 25.7 Å². The summed E-state index contributed by atoms with van der Waals surface area (Å²) in [5.41, 5.74) is 3.77. The van der Waals surface area contributed by atoms with Gasteiger partial charge in [-0.3, -0.25) is 14.3 Å². The van der Waals surface area contributed by atoms with Crippen molar-refractivity contribution >= 4 is 33.1 Å². The number of Topliss-reactive ketones (excluding diaryl/α,β-unsaturated/α-hetero) is 1. The van der Waals surface area contributed by atoms with Crippen molar-refractivity contribution in [3.05, 3.63) is 89.0 Å². The number of nitrogens with one attached hydrogen (secondary N) is 2. The zero-order valence-corrected chi connectivity index (χ0v) is 17.7. The molecule has 3 aromatic rings. The van der Waals surface area contributed by atoms with E-state index in [4.69, 9.17) is 0 Å². The normalized spacial score (nSPS) is 11.0. The predicted molar refractivity (Wildman–Crippen MR) is 118 cm³/mol. The maximum absolute atomic E-state index is 12.7. The van der Waals surface area contributed by atoms with E-state index >= 15 is 0 Å². The van der Waals surface area contributed by atoms with Crippen LogP contribution in [0.25, 0.3) is 0 Å². The van der Waals surface area contributed by atoms with E-state index in [9.17, 15) is 18.0 Å². The first-order valence-electron chi connectivity index (χ1n) is 9.29. The fourth-order valence-corrected chi connectivity index (χ4v) is 3.97. The summed E-state index contributed by atoms with van der Waals surface area (Å²) < 4.78 is 28.0. The molecule has 0 aliphatic carbocycles. The minimum absolute atomic E-state index is 0.0564. The number of ketones is 1. The van der Waals surface area contributed by atoms with E-state index in [-0.39, 0.29) is 16.6 Å². The average Bonchev–Trinajstić information content (AvgIpc) is 2.72. The second-order valence-electron chi connectivity index (χ2n) is 6.97. The quantitative estimate of drug-likeness (QED) is 0.570. The van der Waals surface area contributed by atoms with Gasteiger partial charge in [0.1, 0.15) is 0 Å². The fraction of sp³-hybridized carbons (Fsp3) is 0.130. The Hall–Kier alpha value is -3.45. The van der Waals surface area contributed by atoms with Gasteiger partial charge in [-0.05, 0) is 86.5 Å². The molecule has 7 heteroatoms. The highest BCUT2D eigenvalue weighted by atomic mass is 32.2. The molecule has 30 heavy (non-hydrogen) atoms. The van der Waals surface area contributed by atoms with E-state index in [0.29, 0.717) is 22.5 Å². The van der Waals surface area contributed by atoms with Gasteiger partial charge in [-0.25, -0.2) is 8.42 Å². The Morgan fingerprint density at radius 2 is 1.40 bits per heavy atom. The molecule has 154 valence electrons. The molecule has 0 fully saturated rings. The number of benzene rings is 3. The Labute approximate surface area is 176 Å². The second-order valence-corrected chi connectivity index (χ2v) is 8.65. The summed E-state index contributed by atoms with van der Waals surface area (Å²) in [6, 6.07) is 17.6. The van der Waals surface area contributed by atoms with Crippen molar-refractivity contribution in [2.75, 3.05) is 10.0 Å². The van der Waals surface area contributed by atoms with E-state index in [1.54, 1.807) is 36.4 Å². The van der Waals surface area contributed by atoms with Crippen LogP contribution < -0.4 is 10.0 Å². The van der Waals surface area contributed by atoms with E-state index in [0.717, 1.165) is 11.1 Å². The van der Waals surface area contributed by atoms with Crippen molar-refractivity contribution in [1.29, 1.82) is 0 Å². The van der Waals surface area contributed by atoms with E-state index in [1.807, 2.05) is 19.9 Å². The minimum atomic E-state index is -3.78. The molecule has 0 radical (unpaired) electrons. The summed E-state index contributed by atoms with van der Waals surface area (Å²) >= 11 is 0. The van der Waals surface area contributed by atoms with Gasteiger partial charge in [0, 0.05) is 16.8 Å². The highest BCUT2D eigenvalue weighted by Crippen LogP contribution is 2.22. The Kier molecular flexibility index (Phi) is 6.03. The van der Waals surface area contributed by atoms with Crippen molar-refractivity contribution in [2.24, 2.45) is 0 Å². The number of anilines is 2. The lowest BCUT2D eigenvalue weighted by Gasteiger charge is -2.12. The third kappa shape index (κ3) is 4.75. The van der Waals surface area contributed by atoms with Crippen molar-refractivity contribution in [1.82, 2.24) is 0 Å². The van der Waals surface area contributed by atoms with Crippen LogP contribution in [0.15, 0.2) is 71.6 Å². The molecule has 0 bridgehead atoms. The first-order valence-corrected chi connectivity index (χ1v) is 10.8. The summed E-state index contributed by atoms with van der Waals surface area (Å²) in [6.07, 6.45) is 0. The zero-order valence-electron chi connectivity index (χ0n) is 16.9. The summed E-state index contributed by atoms with van der Waals surface area (Å²) in [7, 11) is -3.78. The number of carbonyl (C=O) groups is 2. The van der Waals surface area contributed by atoms with Crippen LogP contribution in [-0.2, 0) is 10.0 Å². The zero-order chi connectivity index (χ0) is 21.9. The molecule has 0 unspecified atom stereocenters. The Balaban J connectivity index is 1.74. The average molecular weight is 423 g/mol. The number of aryl methyl sites for hydroxylation is 1. The SMILES string of the molecule is CC(=O)c1ccc(NC(=O)c2ccc(S(=O)(=O)Nc3cccc(C)c3C)cc2)cc1. The van der Waals surface area contributed by atoms with Crippen LogP contribution >= 0.6 is 0 Å². The molecule has 0 aliphatic heterocycles. The summed E-state index contributed by atoms with van der Waals surface area (Å²) in [5, 5.41) is 2.72. The Morgan fingerprint density at radius 3 is 2.00 bits per heavy atom. The van der Waals surface area contributed by atoms with Crippen molar-refractivity contribution < 1.29 is 18.0 Å². The van der Waals surface area contributed by atoms with Crippen LogP contribution in [0.4, 0.5) is 11.4 Å². The van der Waals surface area contributed by atoms with Gasteiger partial charge in [-0.2, -0.15) is 0 Å². The lowest BCUT2D eigenvalue weighted by Crippen LogP contribution is -2.15. The van der Waals surface area contributed by atoms with Crippen molar-refractivity contribution in [3.63, 3.8) is 0 Å². The molecule has 0 saturated heterocycles. The lowest BCUT2D eigenvalue weighted by atomic mass is 10.1. The maximum atomic E-state index is 12.7. The summed E-state index contributed by atoms with van der Waals surface area (Å²) in [5.74, 6) is -0.434. The molecule has 0 saturated carbocycles. The Morgan fingerprint density at radius 1 is 0.800 bits per heavy atom. The monoisotopic (exact) mass is 422 g/mol. The molecule has 0 heterocycles. The molecule has 2 N–H and O–H groups in total. The van der Waals surface area contributed by atoms with Gasteiger partial charge in [0.25, 0.3) is 15.9 Å². The molecule has 3 aromatic carbocycles. The van der Waals surface area contributed by atoms with Crippen molar-refractivity contribution in [3.8, 4) is 0 Å². The van der Waals surface area contributed by atoms with Crippen LogP contribution in [0, 0.1) is 13.8 Å². The summed E-state index contributed by atoms with van der Waals surface area (Å²) in [6.45, 7) is 5.23. The largest absolute Gasteiger partial charge is 0.322 e. The van der Waals surface area contributed by atoms with E-state index in [1.165, 1.54) is 31.2 Å². The molecule has 6 nitrogen and oxygen atoms in total. The third-order valence-corrected chi connectivity index (χ3v) is 6.21. The van der Waals surface area contributed by atoms with Crippen LogP contribution in [0.1, 0.15) is 38.8 Å².